The van der Waals surface area contributed by atoms with Crippen LogP contribution in [0.3, 0.4) is 0 Å². The lowest BCUT2D eigenvalue weighted by atomic mass is 9.90. The highest BCUT2D eigenvalue weighted by atomic mass is 19.2. The number of nitrogens with two attached hydrogens (primary N) is 1. The third kappa shape index (κ3) is 3.75. The molecule has 1 unspecified atom stereocenters. The molecule has 0 bridgehead atoms. The molecule has 1 aromatic heterocycles. The number of carbonyl (C=O) groups excluding carboxylic acids is 1. The number of ether oxygens (including phenoxy) is 1. The molecule has 1 saturated heterocycles. The SMILES string of the molecule is COc1c(N2CCC(C)(CN)C2)c(F)cc2c(=O)c(C(=O)OB(F)F)cn(C3CC3)c12. The standard InChI is InChI=1S/C20H23BF3N3O4/c1-20(9-25)5-6-26(10-20)16-14(22)7-12-15(18(16)30-2)27(11-3-4-11)8-13(17(12)28)19(29)31-21(23)24/h7-8,11H,3-6,9-10,25H2,1-2H3. The highest BCUT2D eigenvalue weighted by Crippen LogP contribution is 2.45. The number of fused-ring (bicyclic) bond motifs is 1. The molecule has 2 aliphatic rings. The van der Waals surface area contributed by atoms with Gasteiger partial charge in [-0.2, -0.15) is 0 Å². The second-order valence-electron chi connectivity index (χ2n) is 8.50. The van der Waals surface area contributed by atoms with Crippen molar-refractivity contribution in [3.05, 3.63) is 33.9 Å². The van der Waals surface area contributed by atoms with Gasteiger partial charge in [0.2, 0.25) is 5.43 Å². The molecule has 0 amide bonds. The number of nitrogens with zero attached hydrogens (tertiary/aromatic N) is 2. The Morgan fingerprint density at radius 1 is 1.39 bits per heavy atom. The topological polar surface area (TPSA) is 86.8 Å². The number of rotatable bonds is 6. The normalized spacial score (nSPS) is 20.9. The van der Waals surface area contributed by atoms with Crippen molar-refractivity contribution in [2.45, 2.75) is 32.2 Å². The number of hydrogen-bond donors (Lipinski definition) is 1. The smallest absolute Gasteiger partial charge is 0.492 e. The van der Waals surface area contributed by atoms with Crippen LogP contribution in [0.15, 0.2) is 17.1 Å². The maximum absolute atomic E-state index is 15.3. The monoisotopic (exact) mass is 437 g/mol. The van der Waals surface area contributed by atoms with E-state index in [-0.39, 0.29) is 28.3 Å². The number of anilines is 1. The van der Waals surface area contributed by atoms with E-state index in [4.69, 9.17) is 10.5 Å². The lowest BCUT2D eigenvalue weighted by Crippen LogP contribution is -2.32. The summed E-state index contributed by atoms with van der Waals surface area (Å²) in [7, 11) is -1.98. The predicted molar refractivity (Wildman–Crippen MR) is 110 cm³/mol. The minimum absolute atomic E-state index is 0.0544. The van der Waals surface area contributed by atoms with Crippen LogP contribution in [0.5, 0.6) is 5.75 Å². The molecule has 4 rings (SSSR count). The van der Waals surface area contributed by atoms with Crippen LogP contribution in [0.25, 0.3) is 10.9 Å². The lowest BCUT2D eigenvalue weighted by Gasteiger charge is -2.27. The van der Waals surface area contributed by atoms with Crippen molar-refractivity contribution in [1.82, 2.24) is 4.57 Å². The quantitative estimate of drug-likeness (QED) is 0.700. The van der Waals surface area contributed by atoms with Crippen molar-refractivity contribution in [3.63, 3.8) is 0 Å². The molecular weight excluding hydrogens is 414 g/mol. The van der Waals surface area contributed by atoms with Crippen molar-refractivity contribution >= 4 is 30.0 Å². The minimum Gasteiger partial charge on any atom is -0.492 e. The van der Waals surface area contributed by atoms with Crippen LogP contribution in [-0.4, -0.2) is 44.8 Å². The summed E-state index contributed by atoms with van der Waals surface area (Å²) in [5, 5.41) is -0.116. The van der Waals surface area contributed by atoms with Crippen LogP contribution >= 0.6 is 0 Å². The molecule has 7 nitrogen and oxygen atoms in total. The molecule has 1 saturated carbocycles. The third-order valence-corrected chi connectivity index (χ3v) is 6.13. The molecule has 2 heterocycles. The van der Waals surface area contributed by atoms with Gasteiger partial charge in [-0.15, -0.1) is 0 Å². The molecule has 166 valence electrons. The van der Waals surface area contributed by atoms with Gasteiger partial charge in [-0.1, -0.05) is 6.92 Å². The van der Waals surface area contributed by atoms with Crippen LogP contribution in [0.4, 0.5) is 18.7 Å². The fraction of sp³-hybridized carbons (Fsp3) is 0.500. The van der Waals surface area contributed by atoms with Crippen molar-refractivity contribution in [3.8, 4) is 5.75 Å². The Morgan fingerprint density at radius 3 is 2.65 bits per heavy atom. The van der Waals surface area contributed by atoms with Gasteiger partial charge in [0.15, 0.2) is 11.6 Å². The molecule has 0 spiro atoms. The molecule has 1 aromatic carbocycles. The number of halogens is 3. The summed E-state index contributed by atoms with van der Waals surface area (Å²) in [6.07, 6.45) is 3.53. The highest BCUT2D eigenvalue weighted by molar-refractivity contribution is 6.38. The Labute approximate surface area is 177 Å². The average molecular weight is 437 g/mol. The number of carbonyl (C=O) groups is 1. The van der Waals surface area contributed by atoms with Gasteiger partial charge in [-0.3, -0.25) is 4.79 Å². The zero-order valence-corrected chi connectivity index (χ0v) is 17.3. The largest absolute Gasteiger partial charge is 0.798 e. The molecule has 1 aliphatic heterocycles. The summed E-state index contributed by atoms with van der Waals surface area (Å²) in [5.41, 5.74) is 4.83. The van der Waals surface area contributed by atoms with E-state index in [1.54, 1.807) is 4.57 Å². The first-order valence-electron chi connectivity index (χ1n) is 10.1. The van der Waals surface area contributed by atoms with Gasteiger partial charge in [0.25, 0.3) is 0 Å². The average Bonchev–Trinajstić information content (AvgIpc) is 3.49. The minimum atomic E-state index is -3.36. The second-order valence-corrected chi connectivity index (χ2v) is 8.50. The lowest BCUT2D eigenvalue weighted by molar-refractivity contribution is 0.0693. The van der Waals surface area contributed by atoms with E-state index in [0.29, 0.717) is 25.2 Å². The summed E-state index contributed by atoms with van der Waals surface area (Å²) in [4.78, 5) is 26.9. The van der Waals surface area contributed by atoms with E-state index in [2.05, 4.69) is 4.65 Å². The van der Waals surface area contributed by atoms with Crippen LogP contribution < -0.4 is 20.8 Å². The maximum atomic E-state index is 15.3. The Morgan fingerprint density at radius 2 is 2.10 bits per heavy atom. The third-order valence-electron chi connectivity index (χ3n) is 6.13. The number of aromatic nitrogens is 1. The first-order valence-corrected chi connectivity index (χ1v) is 10.1. The first kappa shape index (κ1) is 21.5. The number of hydrogen-bond acceptors (Lipinski definition) is 6. The fourth-order valence-electron chi connectivity index (χ4n) is 4.24. The number of methoxy groups -OCH3 is 1. The van der Waals surface area contributed by atoms with Gasteiger partial charge in [0.1, 0.15) is 11.3 Å². The van der Waals surface area contributed by atoms with Gasteiger partial charge >= 0.3 is 13.4 Å². The molecular formula is C20H23BF3N3O4. The van der Waals surface area contributed by atoms with Crippen molar-refractivity contribution in [2.24, 2.45) is 11.1 Å². The Kier molecular flexibility index (Phi) is 5.41. The molecule has 31 heavy (non-hydrogen) atoms. The fourth-order valence-corrected chi connectivity index (χ4v) is 4.24. The van der Waals surface area contributed by atoms with Gasteiger partial charge in [-0.25, -0.2) is 17.8 Å². The maximum Gasteiger partial charge on any atom is 0.798 e. The van der Waals surface area contributed by atoms with Crippen LogP contribution in [-0.2, 0) is 4.65 Å². The van der Waals surface area contributed by atoms with Gasteiger partial charge in [0.05, 0.1) is 18.0 Å². The predicted octanol–water partition coefficient (Wildman–Crippen LogP) is 2.74. The molecule has 2 fully saturated rings. The molecule has 2 N–H and O–H groups in total. The zero-order chi connectivity index (χ0) is 22.5. The van der Waals surface area contributed by atoms with E-state index in [1.165, 1.54) is 13.3 Å². The van der Waals surface area contributed by atoms with E-state index < -0.39 is 30.2 Å². The van der Waals surface area contributed by atoms with Gasteiger partial charge in [0, 0.05) is 25.3 Å². The zero-order valence-electron chi connectivity index (χ0n) is 17.3. The molecule has 1 atom stereocenters. The van der Waals surface area contributed by atoms with E-state index in [1.807, 2.05) is 11.8 Å². The Hall–Kier alpha value is -2.69. The highest BCUT2D eigenvalue weighted by Gasteiger charge is 2.37. The van der Waals surface area contributed by atoms with Gasteiger partial charge in [-0.05, 0) is 37.3 Å². The Balaban J connectivity index is 1.94. The first-order chi connectivity index (χ1) is 14.7. The molecule has 0 radical (unpaired) electrons. The van der Waals surface area contributed by atoms with Crippen molar-refractivity contribution in [2.75, 3.05) is 31.6 Å². The van der Waals surface area contributed by atoms with Crippen molar-refractivity contribution < 1.29 is 27.2 Å². The van der Waals surface area contributed by atoms with E-state index in [9.17, 15) is 18.2 Å². The van der Waals surface area contributed by atoms with E-state index >= 15 is 4.39 Å². The van der Waals surface area contributed by atoms with Crippen molar-refractivity contribution in [1.29, 1.82) is 0 Å². The summed E-state index contributed by atoms with van der Waals surface area (Å²) in [5.74, 6) is -1.96. The van der Waals surface area contributed by atoms with Crippen LogP contribution in [0.1, 0.15) is 42.6 Å². The molecule has 1 aliphatic carbocycles. The summed E-state index contributed by atoms with van der Waals surface area (Å²) in [6, 6.07) is 0.993. The Bertz CT molecular complexity index is 1110. The number of benzene rings is 1. The van der Waals surface area contributed by atoms with Crippen LogP contribution in [0, 0.1) is 11.2 Å². The van der Waals surface area contributed by atoms with E-state index in [0.717, 1.165) is 25.3 Å². The molecule has 2 aromatic rings. The summed E-state index contributed by atoms with van der Waals surface area (Å²) < 4.78 is 51.5. The second kappa shape index (κ2) is 7.78. The van der Waals surface area contributed by atoms with Gasteiger partial charge < -0.3 is 24.6 Å². The number of pyridine rings is 1. The summed E-state index contributed by atoms with van der Waals surface area (Å²) >= 11 is 0. The summed E-state index contributed by atoms with van der Waals surface area (Å²) in [6.45, 7) is 3.57. The van der Waals surface area contributed by atoms with Crippen LogP contribution in [0.2, 0.25) is 0 Å². The molecule has 11 heteroatoms.